The van der Waals surface area contributed by atoms with Crippen LogP contribution in [0.4, 0.5) is 0 Å². The van der Waals surface area contributed by atoms with Crippen molar-refractivity contribution < 1.29 is 19.1 Å². The normalized spacial score (nSPS) is 16.1. The molecule has 0 aliphatic rings. The lowest BCUT2D eigenvalue weighted by Crippen LogP contribution is -2.55. The molecule has 0 aliphatic carbocycles. The fraction of sp³-hybridized carbons (Fsp3) is 0.828. The molecule has 0 aromatic heterocycles. The van der Waals surface area contributed by atoms with Gasteiger partial charge in [0.2, 0.25) is 5.91 Å². The molecule has 0 unspecified atom stereocenters. The first kappa shape index (κ1) is 34.3. The van der Waals surface area contributed by atoms with Crippen LogP contribution in [0.25, 0.3) is 0 Å². The third kappa shape index (κ3) is 13.0. The molecule has 0 heterocycles. The Kier molecular flexibility index (Phi) is 18.5. The zero-order chi connectivity index (χ0) is 27.7. The summed E-state index contributed by atoms with van der Waals surface area (Å²) >= 11 is 0. The molecular formula is C29H55N3O4. The molecule has 3 N–H and O–H groups in total. The van der Waals surface area contributed by atoms with E-state index in [1.165, 1.54) is 6.42 Å². The van der Waals surface area contributed by atoms with E-state index in [9.17, 15) is 14.4 Å². The molecule has 5 atom stereocenters. The number of likely N-dealkylation sites (N-methyl/N-ethyl adjacent to an activating group) is 2. The molecule has 1 amide bonds. The van der Waals surface area contributed by atoms with Crippen LogP contribution in [0.2, 0.25) is 0 Å². The number of amides is 1. The minimum absolute atomic E-state index is 0.0661. The van der Waals surface area contributed by atoms with Crippen LogP contribution < -0.4 is 16.0 Å². The summed E-state index contributed by atoms with van der Waals surface area (Å²) in [5.74, 6) is -0.539. The number of unbranched alkanes of at least 4 members (excludes halogenated alkanes) is 4. The summed E-state index contributed by atoms with van der Waals surface area (Å²) < 4.78 is 6.06. The number of hydrogen-bond donors (Lipinski definition) is 3. The average molecular weight is 510 g/mol. The fourth-order valence-corrected chi connectivity index (χ4v) is 4.35. The number of ketones is 1. The average Bonchev–Trinajstić information content (AvgIpc) is 2.83. The van der Waals surface area contributed by atoms with Gasteiger partial charge in [-0.3, -0.25) is 9.59 Å². The fourth-order valence-electron chi connectivity index (χ4n) is 4.35. The summed E-state index contributed by atoms with van der Waals surface area (Å²) in [6.07, 6.45) is 10.5. The first-order chi connectivity index (χ1) is 17.0. The Morgan fingerprint density at radius 1 is 0.889 bits per heavy atom. The Hall–Kier alpha value is -1.73. The van der Waals surface area contributed by atoms with E-state index in [-0.39, 0.29) is 29.6 Å². The van der Waals surface area contributed by atoms with Gasteiger partial charge in [-0.15, -0.1) is 0 Å². The van der Waals surface area contributed by atoms with Crippen LogP contribution in [0, 0.1) is 17.8 Å². The number of carbonyl (C=O) groups is 3. The van der Waals surface area contributed by atoms with Crippen LogP contribution in [-0.2, 0) is 19.1 Å². The standard InChI is InChI=1S/C29H55N3O4/c1-10-12-14-15-16-18-24(33)26(31-9)27(22(7)17-13-11-2)36-29(35)25(21(5)6)32-28(34)23(30-8)19-20(3)4/h11,13,20-23,25-27,30-31H,10,12,14-19H2,1-9H3,(H,32,34)/b13-11+/t22-,23+,25+,26+,27-/m1/s1. The van der Waals surface area contributed by atoms with Crippen LogP contribution in [0.1, 0.15) is 99.8 Å². The SMILES string of the molecule is C/C=C/C[C@@H](C)[C@@H](OC(=O)[C@@H](NC(=O)[C@H](CC(C)C)NC)C(C)C)[C@@H](NC)C(=O)CCCCCCC. The lowest BCUT2D eigenvalue weighted by Gasteiger charge is -2.33. The third-order valence-corrected chi connectivity index (χ3v) is 6.66. The van der Waals surface area contributed by atoms with Crippen LogP contribution in [0.5, 0.6) is 0 Å². The van der Waals surface area contributed by atoms with Crippen molar-refractivity contribution in [3.05, 3.63) is 12.2 Å². The minimum atomic E-state index is -0.793. The van der Waals surface area contributed by atoms with Crippen molar-refractivity contribution in [1.82, 2.24) is 16.0 Å². The quantitative estimate of drug-likeness (QED) is 0.124. The van der Waals surface area contributed by atoms with Crippen molar-refractivity contribution in [1.29, 1.82) is 0 Å². The summed E-state index contributed by atoms with van der Waals surface area (Å²) in [7, 11) is 3.49. The first-order valence-electron chi connectivity index (χ1n) is 14.0. The van der Waals surface area contributed by atoms with Gasteiger partial charge in [0.15, 0.2) is 5.78 Å². The smallest absolute Gasteiger partial charge is 0.329 e. The van der Waals surface area contributed by atoms with Crippen molar-refractivity contribution in [2.45, 2.75) is 124 Å². The Balaban J connectivity index is 5.63. The molecule has 0 radical (unpaired) electrons. The molecule has 0 aliphatic heterocycles. The predicted molar refractivity (Wildman–Crippen MR) is 149 cm³/mol. The number of ether oxygens (including phenoxy) is 1. The highest BCUT2D eigenvalue weighted by atomic mass is 16.5. The van der Waals surface area contributed by atoms with Crippen molar-refractivity contribution in [2.24, 2.45) is 17.8 Å². The number of rotatable bonds is 20. The van der Waals surface area contributed by atoms with Gasteiger partial charge in [0, 0.05) is 6.42 Å². The van der Waals surface area contributed by atoms with E-state index >= 15 is 0 Å². The minimum Gasteiger partial charge on any atom is -0.458 e. The van der Waals surface area contributed by atoms with Gasteiger partial charge in [0.1, 0.15) is 18.2 Å². The van der Waals surface area contributed by atoms with E-state index in [4.69, 9.17) is 4.74 Å². The highest BCUT2D eigenvalue weighted by Gasteiger charge is 2.37. The van der Waals surface area contributed by atoms with E-state index in [1.54, 1.807) is 14.1 Å². The largest absolute Gasteiger partial charge is 0.458 e. The number of esters is 1. The monoisotopic (exact) mass is 509 g/mol. The Morgan fingerprint density at radius 3 is 2.03 bits per heavy atom. The number of hydrogen-bond acceptors (Lipinski definition) is 6. The maximum atomic E-state index is 13.4. The van der Waals surface area contributed by atoms with Gasteiger partial charge in [-0.05, 0) is 58.0 Å². The van der Waals surface area contributed by atoms with Crippen LogP contribution in [0.3, 0.4) is 0 Å². The topological polar surface area (TPSA) is 96.5 Å². The number of nitrogens with one attached hydrogen (secondary N) is 3. The van der Waals surface area contributed by atoms with Crippen molar-refractivity contribution in [2.75, 3.05) is 14.1 Å². The summed E-state index contributed by atoms with van der Waals surface area (Å²) in [4.78, 5) is 39.5. The zero-order valence-electron chi connectivity index (χ0n) is 24.5. The molecule has 210 valence electrons. The molecule has 7 heteroatoms. The van der Waals surface area contributed by atoms with Crippen LogP contribution >= 0.6 is 0 Å². The Bertz CT molecular complexity index is 663. The molecule has 0 saturated heterocycles. The molecule has 0 aromatic carbocycles. The lowest BCUT2D eigenvalue weighted by molar-refractivity contribution is -0.159. The van der Waals surface area contributed by atoms with Gasteiger partial charge in [0.25, 0.3) is 0 Å². The van der Waals surface area contributed by atoms with E-state index in [1.807, 2.05) is 39.8 Å². The highest BCUT2D eigenvalue weighted by molar-refractivity contribution is 5.88. The number of allylic oxidation sites excluding steroid dienone is 2. The first-order valence-corrected chi connectivity index (χ1v) is 14.0. The summed E-state index contributed by atoms with van der Waals surface area (Å²) in [5.41, 5.74) is 0. The molecule has 0 rings (SSSR count). The predicted octanol–water partition coefficient (Wildman–Crippen LogP) is 4.79. The van der Waals surface area contributed by atoms with E-state index < -0.39 is 24.2 Å². The van der Waals surface area contributed by atoms with Gasteiger partial charge >= 0.3 is 5.97 Å². The van der Waals surface area contributed by atoms with E-state index in [0.717, 1.165) is 25.7 Å². The second-order valence-corrected chi connectivity index (χ2v) is 10.8. The van der Waals surface area contributed by atoms with Crippen molar-refractivity contribution in [3.8, 4) is 0 Å². The van der Waals surface area contributed by atoms with Gasteiger partial charge in [-0.25, -0.2) is 4.79 Å². The summed E-state index contributed by atoms with van der Waals surface area (Å²) in [6, 6.07) is -1.77. The van der Waals surface area contributed by atoms with Crippen LogP contribution in [-0.4, -0.2) is 56.0 Å². The molecule has 0 saturated carbocycles. The Labute approximate surface area is 221 Å². The van der Waals surface area contributed by atoms with Gasteiger partial charge < -0.3 is 20.7 Å². The lowest BCUT2D eigenvalue weighted by atomic mass is 9.90. The van der Waals surface area contributed by atoms with Gasteiger partial charge in [0.05, 0.1) is 6.04 Å². The molecule has 0 bridgehead atoms. The second kappa shape index (κ2) is 19.4. The van der Waals surface area contributed by atoms with Gasteiger partial charge in [-0.1, -0.05) is 79.4 Å². The van der Waals surface area contributed by atoms with Crippen LogP contribution in [0.15, 0.2) is 12.2 Å². The summed E-state index contributed by atoms with van der Waals surface area (Å²) in [5, 5.41) is 9.08. The Morgan fingerprint density at radius 2 is 1.53 bits per heavy atom. The summed E-state index contributed by atoms with van der Waals surface area (Å²) in [6.45, 7) is 14.0. The van der Waals surface area contributed by atoms with E-state index in [0.29, 0.717) is 25.2 Å². The van der Waals surface area contributed by atoms with E-state index in [2.05, 4.69) is 36.7 Å². The second-order valence-electron chi connectivity index (χ2n) is 10.8. The maximum Gasteiger partial charge on any atom is 0.329 e. The van der Waals surface area contributed by atoms with Gasteiger partial charge in [-0.2, -0.15) is 0 Å². The molecular weight excluding hydrogens is 454 g/mol. The molecule has 0 fully saturated rings. The third-order valence-electron chi connectivity index (χ3n) is 6.66. The molecule has 0 aromatic rings. The van der Waals surface area contributed by atoms with Crippen molar-refractivity contribution >= 4 is 17.7 Å². The molecule has 36 heavy (non-hydrogen) atoms. The molecule has 7 nitrogen and oxygen atoms in total. The van der Waals surface area contributed by atoms with Crippen molar-refractivity contribution in [3.63, 3.8) is 0 Å². The maximum absolute atomic E-state index is 13.4. The number of carbonyl (C=O) groups excluding carboxylic acids is 3. The zero-order valence-corrected chi connectivity index (χ0v) is 24.5. The highest BCUT2D eigenvalue weighted by Crippen LogP contribution is 2.21. The molecule has 0 spiro atoms. The number of Topliss-reactive ketones (excluding diaryl/α,β-unsaturated/α-hetero) is 1.